The zero-order chi connectivity index (χ0) is 23.0. The number of ether oxygens (including phenoxy) is 1. The highest BCUT2D eigenvalue weighted by atomic mass is 35.5. The number of halogens is 1. The molecule has 31 heavy (non-hydrogen) atoms. The third kappa shape index (κ3) is 4.44. The first kappa shape index (κ1) is 23.6. The van der Waals surface area contributed by atoms with Crippen molar-refractivity contribution in [2.75, 3.05) is 19.5 Å². The summed E-state index contributed by atoms with van der Waals surface area (Å²) in [5, 5.41) is 3.87. The zero-order valence-electron chi connectivity index (χ0n) is 17.6. The largest absolute Gasteiger partial charge is 0.386 e. The average molecular weight is 470 g/mol. The Hall–Kier alpha value is -2.10. The Morgan fingerprint density at radius 1 is 1.29 bits per heavy atom. The first-order valence-corrected chi connectivity index (χ1v) is 12.0. The van der Waals surface area contributed by atoms with Gasteiger partial charge in [0.2, 0.25) is 0 Å². The third-order valence-electron chi connectivity index (χ3n) is 5.49. The molecule has 168 valence electrons. The van der Waals surface area contributed by atoms with Gasteiger partial charge in [-0.3, -0.25) is 14.4 Å². The van der Waals surface area contributed by atoms with E-state index in [4.69, 9.17) is 21.2 Å². The quantitative estimate of drug-likeness (QED) is 0.445. The van der Waals surface area contributed by atoms with Gasteiger partial charge in [0, 0.05) is 37.5 Å². The molecule has 1 saturated carbocycles. The van der Waals surface area contributed by atoms with E-state index in [-0.39, 0.29) is 58.4 Å². The summed E-state index contributed by atoms with van der Waals surface area (Å²) in [5.74, 6) is -3.21. The molecule has 0 aromatic heterocycles. The lowest BCUT2D eigenvalue weighted by Gasteiger charge is -2.21. The Kier molecular flexibility index (Phi) is 6.69. The molecular weight excluding hydrogens is 446 g/mol. The zero-order valence-corrected chi connectivity index (χ0v) is 19.1. The lowest BCUT2D eigenvalue weighted by Crippen LogP contribution is -2.35. The van der Waals surface area contributed by atoms with Crippen molar-refractivity contribution in [3.05, 3.63) is 28.3 Å². The first-order chi connectivity index (χ1) is 14.5. The lowest BCUT2D eigenvalue weighted by atomic mass is 9.81. The minimum Gasteiger partial charge on any atom is -0.386 e. The smallest absolute Gasteiger partial charge is 0.182 e. The van der Waals surface area contributed by atoms with Crippen LogP contribution in [0.15, 0.2) is 22.2 Å². The summed E-state index contributed by atoms with van der Waals surface area (Å²) in [5.41, 5.74) is -0.587. The van der Waals surface area contributed by atoms with Gasteiger partial charge in [0.05, 0.1) is 28.0 Å². The molecule has 1 heterocycles. The number of methoxy groups -OCH3 is 1. The maximum absolute atomic E-state index is 13.1. The summed E-state index contributed by atoms with van der Waals surface area (Å²) in [6.07, 6.45) is 0.905. The summed E-state index contributed by atoms with van der Waals surface area (Å²) < 4.78 is 30.6. The van der Waals surface area contributed by atoms with Gasteiger partial charge in [0.1, 0.15) is 5.92 Å². The van der Waals surface area contributed by atoms with Crippen LogP contribution in [-0.4, -0.2) is 56.5 Å². The van der Waals surface area contributed by atoms with Gasteiger partial charge in [-0.05, 0) is 25.5 Å². The number of hydrogen-bond donors (Lipinski definition) is 0. The second-order valence-electron chi connectivity index (χ2n) is 7.98. The number of hydrogen-bond acceptors (Lipinski definition) is 8. The van der Waals surface area contributed by atoms with E-state index in [0.717, 1.165) is 0 Å². The van der Waals surface area contributed by atoms with Crippen molar-refractivity contribution in [3.63, 3.8) is 0 Å². The molecule has 0 bridgehead atoms. The van der Waals surface area contributed by atoms with Crippen LogP contribution in [0, 0.1) is 5.92 Å². The third-order valence-corrected chi connectivity index (χ3v) is 7.66. The van der Waals surface area contributed by atoms with Crippen LogP contribution in [0.5, 0.6) is 0 Å². The highest BCUT2D eigenvalue weighted by Gasteiger charge is 2.41. The molecule has 2 aliphatic rings. The van der Waals surface area contributed by atoms with Crippen molar-refractivity contribution in [3.8, 4) is 0 Å². The van der Waals surface area contributed by atoms with E-state index in [1.165, 1.54) is 26.2 Å². The predicted molar refractivity (Wildman–Crippen MR) is 113 cm³/mol. The Morgan fingerprint density at radius 2 is 1.94 bits per heavy atom. The van der Waals surface area contributed by atoms with Crippen molar-refractivity contribution in [2.24, 2.45) is 11.1 Å². The van der Waals surface area contributed by atoms with Gasteiger partial charge in [-0.25, -0.2) is 8.42 Å². The Balaban J connectivity index is 2.13. The first-order valence-electron chi connectivity index (χ1n) is 9.94. The number of carbonyl (C=O) groups excluding carboxylic acids is 3. The van der Waals surface area contributed by atoms with Crippen LogP contribution in [0.2, 0.25) is 5.02 Å². The Bertz CT molecular complexity index is 1060. The van der Waals surface area contributed by atoms with Crippen LogP contribution in [0.25, 0.3) is 0 Å². The molecule has 0 spiro atoms. The summed E-state index contributed by atoms with van der Waals surface area (Å²) in [6, 6.07) is 2.54. The van der Waals surface area contributed by atoms with E-state index >= 15 is 0 Å². The normalized spacial score (nSPS) is 22.4. The molecule has 8 nitrogen and oxygen atoms in total. The van der Waals surface area contributed by atoms with Crippen molar-refractivity contribution in [2.45, 2.75) is 50.0 Å². The molecular formula is C21H24ClNO7S. The van der Waals surface area contributed by atoms with Crippen LogP contribution in [0.3, 0.4) is 0 Å². The van der Waals surface area contributed by atoms with Crippen LogP contribution >= 0.6 is 11.6 Å². The van der Waals surface area contributed by atoms with E-state index in [9.17, 15) is 22.8 Å². The molecule has 1 aliphatic heterocycles. The van der Waals surface area contributed by atoms with Crippen molar-refractivity contribution >= 4 is 44.5 Å². The van der Waals surface area contributed by atoms with Gasteiger partial charge in [0.25, 0.3) is 0 Å². The highest BCUT2D eigenvalue weighted by molar-refractivity contribution is 7.91. The molecule has 1 aromatic rings. The molecule has 0 radical (unpaired) electrons. The second kappa shape index (κ2) is 8.80. The van der Waals surface area contributed by atoms with Crippen molar-refractivity contribution in [1.29, 1.82) is 0 Å². The number of oxime groups is 1. The highest BCUT2D eigenvalue weighted by Crippen LogP contribution is 2.36. The lowest BCUT2D eigenvalue weighted by molar-refractivity contribution is -0.133. The van der Waals surface area contributed by atoms with Crippen LogP contribution in [0.4, 0.5) is 0 Å². The van der Waals surface area contributed by atoms with E-state index < -0.39 is 38.7 Å². The summed E-state index contributed by atoms with van der Waals surface area (Å²) in [4.78, 5) is 43.0. The number of Topliss-reactive ketones (excluding diaryl/α,β-unsaturated/α-hetero) is 3. The van der Waals surface area contributed by atoms with Gasteiger partial charge in [0.15, 0.2) is 32.8 Å². The Labute approximate surface area is 185 Å². The van der Waals surface area contributed by atoms with E-state index in [0.29, 0.717) is 6.42 Å². The molecule has 0 N–H and O–H groups in total. The molecule has 10 heteroatoms. The molecule has 3 rings (SSSR count). The topological polar surface area (TPSA) is 116 Å². The molecule has 1 unspecified atom stereocenters. The molecule has 1 aromatic carbocycles. The van der Waals surface area contributed by atoms with Gasteiger partial charge < -0.3 is 9.57 Å². The number of benzene rings is 1. The van der Waals surface area contributed by atoms with Gasteiger partial charge in [-0.1, -0.05) is 23.7 Å². The van der Waals surface area contributed by atoms with Crippen LogP contribution in [0.1, 0.15) is 55.5 Å². The number of carbonyl (C=O) groups is 3. The molecule has 1 atom stereocenters. The molecule has 0 amide bonds. The van der Waals surface area contributed by atoms with Gasteiger partial charge in [-0.15, -0.1) is 0 Å². The van der Waals surface area contributed by atoms with Crippen molar-refractivity contribution in [1.82, 2.24) is 0 Å². The Morgan fingerprint density at radius 3 is 2.52 bits per heavy atom. The summed E-state index contributed by atoms with van der Waals surface area (Å²) >= 11 is 6.56. The van der Waals surface area contributed by atoms with E-state index in [1.807, 2.05) is 0 Å². The number of nitrogens with zero attached hydrogens (tertiary/aromatic N) is 1. The minimum atomic E-state index is -3.72. The predicted octanol–water partition coefficient (Wildman–Crippen LogP) is 2.78. The van der Waals surface area contributed by atoms with Gasteiger partial charge >= 0.3 is 0 Å². The van der Waals surface area contributed by atoms with Crippen LogP contribution in [-0.2, 0) is 29.0 Å². The summed E-state index contributed by atoms with van der Waals surface area (Å²) in [6.45, 7) is 3.45. The van der Waals surface area contributed by atoms with Gasteiger partial charge in [-0.2, -0.15) is 0 Å². The molecule has 1 aliphatic carbocycles. The number of rotatable bonds is 7. The standard InChI is InChI=1S/C21H24ClNO7S/c1-4-31(27,28)16-9-8-12(20(26)18-14(24)6-5-7-15(18)25)19(22)17(16)13-10-21(2,11-29-3)30-23-13/h8-9,18H,4-7,10-11H2,1-3H3. The fourth-order valence-corrected chi connectivity index (χ4v) is 5.43. The fraction of sp³-hybridized carbons (Fsp3) is 0.524. The van der Waals surface area contributed by atoms with E-state index in [2.05, 4.69) is 5.16 Å². The summed E-state index contributed by atoms with van der Waals surface area (Å²) in [7, 11) is -2.22. The average Bonchev–Trinajstić information content (AvgIpc) is 3.09. The SMILES string of the molecule is CCS(=O)(=O)c1ccc(C(=O)C2C(=O)CCCC2=O)c(Cl)c1C1=NOC(C)(COC)C1. The number of sulfone groups is 1. The monoisotopic (exact) mass is 469 g/mol. The molecule has 0 saturated heterocycles. The number of ketones is 3. The van der Waals surface area contributed by atoms with Crippen molar-refractivity contribution < 1.29 is 32.4 Å². The maximum atomic E-state index is 13.1. The minimum absolute atomic E-state index is 0.0601. The second-order valence-corrected chi connectivity index (χ2v) is 10.6. The fourth-order valence-electron chi connectivity index (χ4n) is 3.89. The maximum Gasteiger partial charge on any atom is 0.182 e. The van der Waals surface area contributed by atoms with Crippen LogP contribution < -0.4 is 0 Å². The molecule has 1 fully saturated rings. The van der Waals surface area contributed by atoms with E-state index in [1.54, 1.807) is 6.92 Å².